The van der Waals surface area contributed by atoms with Gasteiger partial charge in [-0.3, -0.25) is 4.79 Å². The molecule has 24 heavy (non-hydrogen) atoms. The van der Waals surface area contributed by atoms with Gasteiger partial charge in [-0.15, -0.1) is 11.3 Å². The summed E-state index contributed by atoms with van der Waals surface area (Å²) in [4.78, 5) is 25.6. The van der Waals surface area contributed by atoms with Crippen molar-refractivity contribution in [2.24, 2.45) is 0 Å². The summed E-state index contributed by atoms with van der Waals surface area (Å²) in [5.41, 5.74) is 2.53. The summed E-state index contributed by atoms with van der Waals surface area (Å²) in [5, 5.41) is 3.44. The average molecular weight is 341 g/mol. The van der Waals surface area contributed by atoms with Crippen molar-refractivity contribution in [3.63, 3.8) is 0 Å². The van der Waals surface area contributed by atoms with E-state index < -0.39 is 0 Å². The molecule has 2 aromatic rings. The molecule has 0 saturated heterocycles. The fourth-order valence-electron chi connectivity index (χ4n) is 2.80. The third-order valence-corrected chi connectivity index (χ3v) is 5.07. The van der Waals surface area contributed by atoms with Crippen LogP contribution >= 0.6 is 11.3 Å². The van der Waals surface area contributed by atoms with Gasteiger partial charge in [0.05, 0.1) is 12.2 Å². The van der Waals surface area contributed by atoms with Crippen molar-refractivity contribution < 1.29 is 14.3 Å². The van der Waals surface area contributed by atoms with Crippen LogP contribution in [0.2, 0.25) is 0 Å². The largest absolute Gasteiger partial charge is 0.462 e. The maximum atomic E-state index is 12.3. The minimum atomic E-state index is -0.348. The number of aryl methyl sites for hydroxylation is 1. The van der Waals surface area contributed by atoms with Crippen LogP contribution in [-0.4, -0.2) is 18.5 Å². The van der Waals surface area contributed by atoms with Crippen molar-refractivity contribution in [3.05, 3.63) is 58.0 Å². The second kappa shape index (κ2) is 7.45. The van der Waals surface area contributed by atoms with Gasteiger partial charge >= 0.3 is 5.97 Å². The van der Waals surface area contributed by atoms with E-state index in [1.165, 1.54) is 22.3 Å². The Balaban J connectivity index is 1.78. The summed E-state index contributed by atoms with van der Waals surface area (Å²) in [6, 6.07) is 9.61. The Bertz CT molecular complexity index is 777. The van der Waals surface area contributed by atoms with Crippen LogP contribution in [0.4, 0.5) is 5.00 Å². The molecule has 0 bridgehead atoms. The van der Waals surface area contributed by atoms with E-state index >= 15 is 0 Å². The molecule has 0 aliphatic heterocycles. The predicted molar refractivity (Wildman–Crippen MR) is 96.4 cm³/mol. The lowest BCUT2D eigenvalue weighted by Crippen LogP contribution is -2.13. The van der Waals surface area contributed by atoms with Gasteiger partial charge in [-0.1, -0.05) is 30.3 Å². The van der Waals surface area contributed by atoms with Gasteiger partial charge in [0, 0.05) is 11.0 Å². The number of carbonyl (C=O) groups excluding carboxylic acids is 2. The maximum Gasteiger partial charge on any atom is 0.341 e. The third-order valence-electron chi connectivity index (χ3n) is 3.86. The van der Waals surface area contributed by atoms with E-state index in [9.17, 15) is 9.59 Å². The summed E-state index contributed by atoms with van der Waals surface area (Å²) in [7, 11) is 0. The van der Waals surface area contributed by atoms with Gasteiger partial charge in [0.25, 0.3) is 0 Å². The molecule has 4 nitrogen and oxygen atoms in total. The van der Waals surface area contributed by atoms with E-state index in [1.807, 2.05) is 30.3 Å². The minimum Gasteiger partial charge on any atom is -0.462 e. The van der Waals surface area contributed by atoms with Crippen molar-refractivity contribution in [1.29, 1.82) is 0 Å². The van der Waals surface area contributed by atoms with Crippen LogP contribution in [0.1, 0.15) is 39.7 Å². The zero-order valence-corrected chi connectivity index (χ0v) is 14.3. The second-order valence-corrected chi connectivity index (χ2v) is 6.62. The first-order chi connectivity index (χ1) is 11.7. The highest BCUT2D eigenvalue weighted by atomic mass is 32.1. The molecule has 0 radical (unpaired) electrons. The molecule has 1 amide bonds. The summed E-state index contributed by atoms with van der Waals surface area (Å²) in [6.07, 6.45) is 6.11. The number of fused-ring (bicyclic) bond motifs is 1. The number of carbonyl (C=O) groups is 2. The number of rotatable bonds is 5. The molecule has 3 rings (SSSR count). The van der Waals surface area contributed by atoms with Crippen LogP contribution in [0.3, 0.4) is 0 Å². The fourth-order valence-corrected chi connectivity index (χ4v) is 4.08. The summed E-state index contributed by atoms with van der Waals surface area (Å²) in [5.74, 6) is -0.594. The summed E-state index contributed by atoms with van der Waals surface area (Å²) in [6.45, 7) is 2.11. The molecule has 1 aliphatic rings. The fraction of sp³-hybridized carbons (Fsp3) is 0.263. The molecular formula is C19H19NO3S. The molecule has 0 spiro atoms. The van der Waals surface area contributed by atoms with Gasteiger partial charge in [-0.2, -0.15) is 0 Å². The Morgan fingerprint density at radius 3 is 2.79 bits per heavy atom. The SMILES string of the molecule is CCOC(=O)c1c(NC(=O)/C=C/c2ccccc2)sc2c1CCC2. The lowest BCUT2D eigenvalue weighted by Gasteiger charge is -2.06. The van der Waals surface area contributed by atoms with Crippen LogP contribution in [0.15, 0.2) is 36.4 Å². The van der Waals surface area contributed by atoms with Gasteiger partial charge in [-0.05, 0) is 43.4 Å². The standard InChI is InChI=1S/C19H19NO3S/c1-2-23-19(22)17-14-9-6-10-15(14)24-18(17)20-16(21)12-11-13-7-4-3-5-8-13/h3-5,7-8,11-12H,2,6,9-10H2,1H3,(H,20,21)/b12-11+. The lowest BCUT2D eigenvalue weighted by molar-refractivity contribution is -0.111. The van der Waals surface area contributed by atoms with Crippen molar-refractivity contribution in [3.8, 4) is 0 Å². The number of benzene rings is 1. The number of esters is 1. The van der Waals surface area contributed by atoms with Gasteiger partial charge in [0.15, 0.2) is 0 Å². The predicted octanol–water partition coefficient (Wildman–Crippen LogP) is 4.07. The van der Waals surface area contributed by atoms with E-state index in [0.717, 1.165) is 30.4 Å². The minimum absolute atomic E-state index is 0.246. The number of nitrogens with one attached hydrogen (secondary N) is 1. The molecule has 124 valence electrons. The van der Waals surface area contributed by atoms with E-state index in [-0.39, 0.29) is 11.9 Å². The van der Waals surface area contributed by atoms with Crippen LogP contribution in [0, 0.1) is 0 Å². The van der Waals surface area contributed by atoms with Gasteiger partial charge in [0.1, 0.15) is 5.00 Å². The Labute approximate surface area is 145 Å². The molecule has 1 aromatic heterocycles. The Morgan fingerprint density at radius 1 is 1.25 bits per heavy atom. The molecule has 1 aromatic carbocycles. The maximum absolute atomic E-state index is 12.3. The average Bonchev–Trinajstić information content (AvgIpc) is 3.14. The molecule has 0 saturated carbocycles. The molecular weight excluding hydrogens is 322 g/mol. The number of thiophene rings is 1. The van der Waals surface area contributed by atoms with Gasteiger partial charge < -0.3 is 10.1 Å². The quantitative estimate of drug-likeness (QED) is 0.659. The first-order valence-corrected chi connectivity index (χ1v) is 8.86. The van der Waals surface area contributed by atoms with Gasteiger partial charge in [-0.25, -0.2) is 4.79 Å². The highest BCUT2D eigenvalue weighted by Crippen LogP contribution is 2.39. The normalized spacial score (nSPS) is 13.0. The van der Waals surface area contributed by atoms with Crippen molar-refractivity contribution in [2.45, 2.75) is 26.2 Å². The number of hydrogen-bond acceptors (Lipinski definition) is 4. The van der Waals surface area contributed by atoms with Crippen molar-refractivity contribution in [1.82, 2.24) is 0 Å². The van der Waals surface area contributed by atoms with Crippen LogP contribution in [-0.2, 0) is 22.4 Å². The topological polar surface area (TPSA) is 55.4 Å². The second-order valence-electron chi connectivity index (χ2n) is 5.52. The molecule has 0 fully saturated rings. The van der Waals surface area contributed by atoms with E-state index in [1.54, 1.807) is 13.0 Å². The highest BCUT2D eigenvalue weighted by Gasteiger charge is 2.27. The molecule has 1 heterocycles. The summed E-state index contributed by atoms with van der Waals surface area (Å²) >= 11 is 1.49. The van der Waals surface area contributed by atoms with Crippen LogP contribution in [0.25, 0.3) is 6.08 Å². The molecule has 1 N–H and O–H groups in total. The summed E-state index contributed by atoms with van der Waals surface area (Å²) < 4.78 is 5.16. The number of anilines is 1. The molecule has 5 heteroatoms. The lowest BCUT2D eigenvalue weighted by atomic mass is 10.1. The van der Waals surface area contributed by atoms with Crippen LogP contribution < -0.4 is 5.32 Å². The molecule has 0 unspecified atom stereocenters. The zero-order valence-electron chi connectivity index (χ0n) is 13.5. The Morgan fingerprint density at radius 2 is 2.04 bits per heavy atom. The third kappa shape index (κ3) is 3.57. The number of ether oxygens (including phenoxy) is 1. The Hall–Kier alpha value is -2.40. The highest BCUT2D eigenvalue weighted by molar-refractivity contribution is 7.17. The zero-order chi connectivity index (χ0) is 16.9. The Kier molecular flexibility index (Phi) is 5.11. The van der Waals surface area contributed by atoms with E-state index in [0.29, 0.717) is 17.2 Å². The number of amides is 1. The van der Waals surface area contributed by atoms with Crippen molar-refractivity contribution in [2.75, 3.05) is 11.9 Å². The van der Waals surface area contributed by atoms with E-state index in [2.05, 4.69) is 5.32 Å². The van der Waals surface area contributed by atoms with Crippen LogP contribution in [0.5, 0.6) is 0 Å². The number of hydrogen-bond donors (Lipinski definition) is 1. The van der Waals surface area contributed by atoms with E-state index in [4.69, 9.17) is 4.74 Å². The molecule has 1 aliphatic carbocycles. The van der Waals surface area contributed by atoms with Gasteiger partial charge in [0.2, 0.25) is 5.91 Å². The first kappa shape index (κ1) is 16.5. The smallest absolute Gasteiger partial charge is 0.341 e. The first-order valence-electron chi connectivity index (χ1n) is 8.04. The monoisotopic (exact) mass is 341 g/mol. The molecule has 0 atom stereocenters. The van der Waals surface area contributed by atoms with Crippen molar-refractivity contribution >= 4 is 34.3 Å².